The summed E-state index contributed by atoms with van der Waals surface area (Å²) >= 11 is 0. The summed E-state index contributed by atoms with van der Waals surface area (Å²) in [5.41, 5.74) is 22.0. The van der Waals surface area contributed by atoms with Crippen molar-refractivity contribution in [3.8, 4) is 0 Å². The first-order valence-electron chi connectivity index (χ1n) is 14.7. The van der Waals surface area contributed by atoms with Crippen LogP contribution in [-0.2, 0) is 38.4 Å². The third-order valence-electron chi connectivity index (χ3n) is 6.60. The molecule has 0 radical (unpaired) electrons. The molecule has 0 aromatic heterocycles. The van der Waals surface area contributed by atoms with Gasteiger partial charge >= 0.3 is 5.97 Å². The van der Waals surface area contributed by atoms with Gasteiger partial charge in [0.1, 0.15) is 30.2 Å². The zero-order chi connectivity index (χ0) is 38.1. The van der Waals surface area contributed by atoms with E-state index in [-0.39, 0.29) is 36.9 Å². The molecular formula is C25H43N11O12S2. The number of amides is 7. The highest BCUT2D eigenvalue weighted by molar-refractivity contribution is 8.76. The summed E-state index contributed by atoms with van der Waals surface area (Å²) in [6, 6.07) is -11.4. The number of nitrogens with one attached hydrogen (secondary N) is 6. The molecule has 25 heteroatoms. The monoisotopic (exact) mass is 753 g/mol. The largest absolute Gasteiger partial charge is 0.481 e. The molecule has 1 aliphatic rings. The third kappa shape index (κ3) is 15.4. The molecule has 1 rings (SSSR count). The number of rotatable bonds is 9. The number of aliphatic carboxylic acids is 1. The Labute approximate surface area is 292 Å². The molecule has 1 saturated heterocycles. The molecule has 0 aromatic rings. The van der Waals surface area contributed by atoms with E-state index in [0.29, 0.717) is 0 Å². The van der Waals surface area contributed by atoms with Crippen molar-refractivity contribution in [2.75, 3.05) is 24.7 Å². The summed E-state index contributed by atoms with van der Waals surface area (Å²) in [5.74, 6) is -9.84. The zero-order valence-corrected chi connectivity index (χ0v) is 28.3. The fraction of sp³-hybridized carbons (Fsp3) is 0.640. The average Bonchev–Trinajstić information content (AvgIpc) is 3.02. The van der Waals surface area contributed by atoms with E-state index in [9.17, 15) is 58.8 Å². The van der Waals surface area contributed by atoms with Gasteiger partial charge < -0.3 is 75.3 Å². The van der Waals surface area contributed by atoms with E-state index in [1.165, 1.54) is 0 Å². The van der Waals surface area contributed by atoms with Crippen LogP contribution in [0.1, 0.15) is 26.2 Å². The maximum Gasteiger partial charge on any atom is 0.305 e. The van der Waals surface area contributed by atoms with Gasteiger partial charge in [0.25, 0.3) is 0 Å². The van der Waals surface area contributed by atoms with Crippen LogP contribution in [0.15, 0.2) is 4.99 Å². The van der Waals surface area contributed by atoms with Crippen molar-refractivity contribution in [1.82, 2.24) is 31.9 Å². The van der Waals surface area contributed by atoms with Crippen LogP contribution in [0.5, 0.6) is 0 Å². The number of nitrogens with zero attached hydrogens (tertiary/aromatic N) is 1. The van der Waals surface area contributed by atoms with Gasteiger partial charge in [-0.2, -0.15) is 0 Å². The van der Waals surface area contributed by atoms with Gasteiger partial charge in [-0.25, -0.2) is 0 Å². The van der Waals surface area contributed by atoms with Crippen molar-refractivity contribution in [3.63, 3.8) is 0 Å². The van der Waals surface area contributed by atoms with Crippen molar-refractivity contribution < 1.29 is 58.8 Å². The van der Waals surface area contributed by atoms with Crippen LogP contribution in [0.3, 0.4) is 0 Å². The van der Waals surface area contributed by atoms with Crippen LogP contribution in [0.2, 0.25) is 0 Å². The van der Waals surface area contributed by atoms with E-state index in [2.05, 4.69) is 26.3 Å². The van der Waals surface area contributed by atoms with Crippen LogP contribution >= 0.6 is 21.6 Å². The summed E-state index contributed by atoms with van der Waals surface area (Å²) in [6.07, 6.45) is -3.69. The van der Waals surface area contributed by atoms with Gasteiger partial charge in [-0.3, -0.25) is 43.3 Å². The minimum atomic E-state index is -2.60. The number of carboxylic acid groups (broad SMARTS) is 1. The van der Waals surface area contributed by atoms with Crippen LogP contribution < -0.4 is 54.8 Å². The van der Waals surface area contributed by atoms with E-state index in [0.717, 1.165) is 28.5 Å². The van der Waals surface area contributed by atoms with Crippen molar-refractivity contribution in [1.29, 1.82) is 0 Å². The molecule has 0 aromatic carbocycles. The molecule has 7 amide bonds. The van der Waals surface area contributed by atoms with Crippen LogP contribution in [0.4, 0.5) is 0 Å². The van der Waals surface area contributed by atoms with Crippen LogP contribution in [-0.4, -0.2) is 147 Å². The smallest absolute Gasteiger partial charge is 0.305 e. The third-order valence-corrected chi connectivity index (χ3v) is 9.05. The van der Waals surface area contributed by atoms with E-state index >= 15 is 0 Å². The Bertz CT molecular complexity index is 1290. The lowest BCUT2D eigenvalue weighted by atomic mass is 10.1. The maximum atomic E-state index is 13.2. The summed E-state index contributed by atoms with van der Waals surface area (Å²) in [4.78, 5) is 105. The van der Waals surface area contributed by atoms with Gasteiger partial charge in [-0.1, -0.05) is 21.6 Å². The topological polar surface area (TPSA) is 406 Å². The first-order chi connectivity index (χ1) is 23.4. The highest BCUT2D eigenvalue weighted by Crippen LogP contribution is 2.22. The summed E-state index contributed by atoms with van der Waals surface area (Å²) < 4.78 is 0. The standard InChI is InChI=1S/C25H43N11O12S2/c1-9-18(41)35-14(17(27)40)8-50-49-7-10(26)19(42)32-11(3-2-4-30-25(28)29)20(43)34-13(6-37)22(45)33-12(5-15(38)39)21(44)36-16(24(47)48)23(46)31-9/h9-14,16,24,37,47-48H,2-8,26H2,1H3,(H2,27,40)(H,31,46)(H,32,42)(H,33,45)(H,34,43)(H,35,41)(H,36,44)(H,38,39)(H4,28,29,30)/t9-,10-,11-,12-,13-,14-,16+/m0/s1. The van der Waals surface area contributed by atoms with Crippen molar-refractivity contribution in [2.24, 2.45) is 27.9 Å². The molecule has 0 unspecified atom stereocenters. The number of hydrogen-bond acceptors (Lipinski definition) is 15. The molecule has 282 valence electrons. The van der Waals surface area contributed by atoms with Gasteiger partial charge in [-0.15, -0.1) is 0 Å². The lowest BCUT2D eigenvalue weighted by Gasteiger charge is -2.26. The second-order valence-corrected chi connectivity index (χ2v) is 13.2. The minimum absolute atomic E-state index is 0.0360. The molecule has 0 spiro atoms. The fourth-order valence-corrected chi connectivity index (χ4v) is 6.18. The first-order valence-corrected chi connectivity index (χ1v) is 17.2. The molecule has 50 heavy (non-hydrogen) atoms. The lowest BCUT2D eigenvalue weighted by Crippen LogP contribution is -2.62. The van der Waals surface area contributed by atoms with Crippen molar-refractivity contribution in [2.45, 2.75) is 74.8 Å². The number of carbonyl (C=O) groups excluding carboxylic acids is 7. The van der Waals surface area contributed by atoms with Crippen molar-refractivity contribution >= 4 is 74.9 Å². The molecule has 18 N–H and O–H groups in total. The number of hydrogen-bond donors (Lipinski definition) is 14. The summed E-state index contributed by atoms with van der Waals surface area (Å²) in [7, 11) is 2.01. The quantitative estimate of drug-likeness (QED) is 0.0342. The van der Waals surface area contributed by atoms with Crippen LogP contribution in [0.25, 0.3) is 0 Å². The molecular weight excluding hydrogens is 710 g/mol. The van der Waals surface area contributed by atoms with E-state index in [1.54, 1.807) is 0 Å². The predicted molar refractivity (Wildman–Crippen MR) is 177 cm³/mol. The maximum absolute atomic E-state index is 13.2. The molecule has 0 aliphatic carbocycles. The van der Waals surface area contributed by atoms with E-state index < -0.39 is 109 Å². The minimum Gasteiger partial charge on any atom is -0.481 e. The highest BCUT2D eigenvalue weighted by Gasteiger charge is 2.35. The number of aliphatic imine (C=N–C) groups is 1. The molecule has 1 aliphatic heterocycles. The van der Waals surface area contributed by atoms with E-state index in [4.69, 9.17) is 22.9 Å². The Morgan fingerprint density at radius 2 is 1.36 bits per heavy atom. The SMILES string of the molecule is C[C@@H]1NC(=O)[C@H](C(O)O)NC(=O)[C@H](CC(=O)O)NC(=O)[C@H](CO)NC(=O)[C@H](CCCN=C(N)N)NC(=O)[C@@H](N)CSSC[C@@H](C(N)=O)NC1=O. The molecule has 7 atom stereocenters. The number of primary amides is 1. The molecule has 1 heterocycles. The van der Waals surface area contributed by atoms with Gasteiger partial charge in [0.2, 0.25) is 41.4 Å². The zero-order valence-electron chi connectivity index (χ0n) is 26.7. The number of nitrogens with two attached hydrogens (primary N) is 4. The Kier molecular flexibility index (Phi) is 18.8. The summed E-state index contributed by atoms with van der Waals surface area (Å²) in [6.45, 7) is 0.113. The average molecular weight is 754 g/mol. The first kappa shape index (κ1) is 43.6. The van der Waals surface area contributed by atoms with E-state index in [1.807, 2.05) is 10.6 Å². The predicted octanol–water partition coefficient (Wildman–Crippen LogP) is -8.05. The molecule has 1 fully saturated rings. The van der Waals surface area contributed by atoms with Gasteiger partial charge in [-0.05, 0) is 19.8 Å². The molecule has 23 nitrogen and oxygen atoms in total. The van der Waals surface area contributed by atoms with Gasteiger partial charge in [0, 0.05) is 18.1 Å². The Hall–Kier alpha value is -4.43. The number of carboxylic acids is 1. The lowest BCUT2D eigenvalue weighted by molar-refractivity contribution is -0.146. The Morgan fingerprint density at radius 1 is 0.800 bits per heavy atom. The number of aliphatic hydroxyl groups is 3. The second-order valence-electron chi connectivity index (χ2n) is 10.7. The van der Waals surface area contributed by atoms with Crippen LogP contribution in [0, 0.1) is 0 Å². The number of guanidine groups is 1. The number of carbonyl (C=O) groups is 8. The Morgan fingerprint density at radius 3 is 1.92 bits per heavy atom. The molecule has 0 saturated carbocycles. The highest BCUT2D eigenvalue weighted by atomic mass is 33.1. The normalized spacial score (nSPS) is 27.0. The fourth-order valence-electron chi connectivity index (χ4n) is 3.88. The molecule has 0 bridgehead atoms. The van der Waals surface area contributed by atoms with Gasteiger partial charge in [0.15, 0.2) is 18.3 Å². The summed E-state index contributed by atoms with van der Waals surface area (Å²) in [5, 5.41) is 51.6. The van der Waals surface area contributed by atoms with Gasteiger partial charge in [0.05, 0.1) is 19.1 Å². The Balaban J connectivity index is 3.47. The second kappa shape index (κ2) is 21.6. The van der Waals surface area contributed by atoms with Crippen molar-refractivity contribution in [3.05, 3.63) is 0 Å². The number of aliphatic hydroxyl groups excluding tert-OH is 2.